The maximum atomic E-state index is 11.9. The van der Waals surface area contributed by atoms with Crippen molar-refractivity contribution in [3.05, 3.63) is 18.1 Å². The normalized spacial score (nSPS) is 20.2. The molecule has 0 aliphatic carbocycles. The molecule has 1 aromatic heterocycles. The summed E-state index contributed by atoms with van der Waals surface area (Å²) >= 11 is 0. The van der Waals surface area contributed by atoms with Gasteiger partial charge in [0, 0.05) is 5.54 Å². The second kappa shape index (κ2) is 6.78. The lowest BCUT2D eigenvalue weighted by atomic mass is 9.96. The number of rotatable bonds is 2. The first-order valence-electron chi connectivity index (χ1n) is 7.20. The van der Waals surface area contributed by atoms with Crippen LogP contribution in [0.3, 0.4) is 0 Å². The predicted octanol–water partition coefficient (Wildman–Crippen LogP) is 2.11. The summed E-state index contributed by atoms with van der Waals surface area (Å²) in [5.41, 5.74) is -0.789. The number of nitrogens with zero attached hydrogens (tertiary/aromatic N) is 3. The lowest BCUT2D eigenvalue weighted by Crippen LogP contribution is -2.41. The van der Waals surface area contributed by atoms with Crippen LogP contribution in [0.5, 0.6) is 5.88 Å². The number of fused-ring (bicyclic) bond motifs is 1. The van der Waals surface area contributed by atoms with Crippen molar-refractivity contribution in [2.45, 2.75) is 37.4 Å². The van der Waals surface area contributed by atoms with Gasteiger partial charge in [-0.2, -0.15) is 13.2 Å². The first-order valence-corrected chi connectivity index (χ1v) is 7.20. The molecular formula is C14H20F3N3O2. The van der Waals surface area contributed by atoms with Crippen LogP contribution in [0.4, 0.5) is 13.2 Å². The van der Waals surface area contributed by atoms with Gasteiger partial charge in [-0.15, -0.1) is 0 Å². The molecule has 2 saturated heterocycles. The molecular weight excluding hydrogens is 299 g/mol. The van der Waals surface area contributed by atoms with Gasteiger partial charge in [0.05, 0.1) is 26.1 Å². The third-order valence-electron chi connectivity index (χ3n) is 4.23. The molecule has 0 unspecified atom stereocenters. The number of ether oxygens (including phenoxy) is 1. The standard InChI is InChI=1S/C8H15NO.C6H5F3N2O/c10-7-8-3-1-5-9(8)6-2-4-8;1-12-5-3-10-4(2-11-5)6(7,8)9/h10H,1-7H2;2-3H,1H3. The smallest absolute Gasteiger partial charge is 0.434 e. The lowest BCUT2D eigenvalue weighted by Gasteiger charge is -2.29. The Bertz CT molecular complexity index is 469. The van der Waals surface area contributed by atoms with Gasteiger partial charge in [0.15, 0.2) is 5.69 Å². The fourth-order valence-corrected chi connectivity index (χ4v) is 3.05. The van der Waals surface area contributed by atoms with E-state index in [1.807, 2.05) is 0 Å². The predicted molar refractivity (Wildman–Crippen MR) is 73.4 cm³/mol. The first kappa shape index (κ1) is 17.0. The summed E-state index contributed by atoms with van der Waals surface area (Å²) in [6.07, 6.45) is 2.13. The van der Waals surface area contributed by atoms with Gasteiger partial charge >= 0.3 is 6.18 Å². The van der Waals surface area contributed by atoms with E-state index >= 15 is 0 Å². The van der Waals surface area contributed by atoms with E-state index < -0.39 is 11.9 Å². The molecule has 5 nitrogen and oxygen atoms in total. The molecule has 1 aromatic rings. The van der Waals surface area contributed by atoms with E-state index in [2.05, 4.69) is 19.6 Å². The molecule has 0 spiro atoms. The second-order valence-corrected chi connectivity index (χ2v) is 5.52. The van der Waals surface area contributed by atoms with Crippen molar-refractivity contribution in [2.75, 3.05) is 26.8 Å². The third-order valence-corrected chi connectivity index (χ3v) is 4.23. The quantitative estimate of drug-likeness (QED) is 0.905. The zero-order valence-corrected chi connectivity index (χ0v) is 12.4. The first-order chi connectivity index (χ1) is 10.4. The van der Waals surface area contributed by atoms with Crippen molar-refractivity contribution in [1.82, 2.24) is 14.9 Å². The fraction of sp³-hybridized carbons (Fsp3) is 0.714. The van der Waals surface area contributed by atoms with Gasteiger partial charge in [-0.25, -0.2) is 9.97 Å². The van der Waals surface area contributed by atoms with E-state index in [1.165, 1.54) is 45.9 Å². The molecule has 0 radical (unpaired) electrons. The summed E-state index contributed by atoms with van der Waals surface area (Å²) in [6.45, 7) is 2.83. The highest BCUT2D eigenvalue weighted by atomic mass is 19.4. The Hall–Kier alpha value is -1.41. The van der Waals surface area contributed by atoms with E-state index in [1.54, 1.807) is 0 Å². The molecule has 1 N–H and O–H groups in total. The van der Waals surface area contributed by atoms with E-state index in [4.69, 9.17) is 0 Å². The monoisotopic (exact) mass is 319 g/mol. The molecule has 0 atom stereocenters. The van der Waals surface area contributed by atoms with Crippen molar-refractivity contribution in [3.63, 3.8) is 0 Å². The number of hydrogen-bond donors (Lipinski definition) is 1. The Kier molecular flexibility index (Phi) is 5.23. The average molecular weight is 319 g/mol. The third kappa shape index (κ3) is 3.67. The van der Waals surface area contributed by atoms with Crippen LogP contribution in [0.1, 0.15) is 31.4 Å². The summed E-state index contributed by atoms with van der Waals surface area (Å²) in [5, 5.41) is 9.19. The molecule has 0 bridgehead atoms. The van der Waals surface area contributed by atoms with Crippen LogP contribution in [-0.4, -0.2) is 52.3 Å². The molecule has 0 amide bonds. The molecule has 3 heterocycles. The molecule has 0 aromatic carbocycles. The molecule has 2 fully saturated rings. The molecule has 3 rings (SSSR count). The second-order valence-electron chi connectivity index (χ2n) is 5.52. The van der Waals surface area contributed by atoms with Crippen LogP contribution in [0.2, 0.25) is 0 Å². The number of aliphatic hydroxyl groups excluding tert-OH is 1. The molecule has 8 heteroatoms. The molecule has 2 aliphatic rings. The van der Waals surface area contributed by atoms with Crippen molar-refractivity contribution >= 4 is 0 Å². The van der Waals surface area contributed by atoms with Crippen molar-refractivity contribution in [1.29, 1.82) is 0 Å². The van der Waals surface area contributed by atoms with Gasteiger partial charge in [0.25, 0.3) is 0 Å². The minimum atomic E-state index is -4.45. The topological polar surface area (TPSA) is 58.5 Å². The van der Waals surface area contributed by atoms with Crippen molar-refractivity contribution in [3.8, 4) is 5.88 Å². The summed E-state index contributed by atoms with van der Waals surface area (Å²) < 4.78 is 40.2. The van der Waals surface area contributed by atoms with Gasteiger partial charge in [-0.05, 0) is 38.8 Å². The minimum absolute atomic E-state index is 0.0583. The van der Waals surface area contributed by atoms with Gasteiger partial charge in [0.2, 0.25) is 5.88 Å². The highest BCUT2D eigenvalue weighted by Crippen LogP contribution is 2.37. The number of methoxy groups -OCH3 is 1. The van der Waals surface area contributed by atoms with Crippen LogP contribution in [-0.2, 0) is 6.18 Å². The van der Waals surface area contributed by atoms with Crippen LogP contribution >= 0.6 is 0 Å². The zero-order valence-electron chi connectivity index (χ0n) is 12.4. The van der Waals surface area contributed by atoms with Gasteiger partial charge in [-0.1, -0.05) is 0 Å². The van der Waals surface area contributed by atoms with Crippen LogP contribution in [0.15, 0.2) is 12.4 Å². The number of hydrogen-bond acceptors (Lipinski definition) is 5. The zero-order chi connectivity index (χ0) is 16.2. The van der Waals surface area contributed by atoms with E-state index in [9.17, 15) is 18.3 Å². The minimum Gasteiger partial charge on any atom is -0.480 e. The molecule has 0 saturated carbocycles. The van der Waals surface area contributed by atoms with Crippen LogP contribution < -0.4 is 4.74 Å². The SMILES string of the molecule is COc1cnc(C(F)(F)F)cn1.OCC12CCCN1CCC2. The summed E-state index contributed by atoms with van der Waals surface area (Å²) in [7, 11) is 1.30. The highest BCUT2D eigenvalue weighted by molar-refractivity contribution is 5.08. The lowest BCUT2D eigenvalue weighted by molar-refractivity contribution is -0.141. The van der Waals surface area contributed by atoms with Gasteiger partial charge in [-0.3, -0.25) is 4.90 Å². The largest absolute Gasteiger partial charge is 0.480 e. The van der Waals surface area contributed by atoms with Gasteiger partial charge in [0.1, 0.15) is 0 Å². The molecule has 2 aliphatic heterocycles. The Balaban J connectivity index is 0.000000162. The van der Waals surface area contributed by atoms with E-state index in [-0.39, 0.29) is 11.4 Å². The Morgan fingerprint density at radius 1 is 1.23 bits per heavy atom. The van der Waals surface area contributed by atoms with E-state index in [0.29, 0.717) is 12.8 Å². The maximum Gasteiger partial charge on any atom is 0.434 e. The Morgan fingerprint density at radius 3 is 2.23 bits per heavy atom. The highest BCUT2D eigenvalue weighted by Gasteiger charge is 2.43. The molecule has 22 heavy (non-hydrogen) atoms. The van der Waals surface area contributed by atoms with Crippen molar-refractivity contribution < 1.29 is 23.0 Å². The molecule has 124 valence electrons. The average Bonchev–Trinajstić information content (AvgIpc) is 3.07. The van der Waals surface area contributed by atoms with Crippen LogP contribution in [0.25, 0.3) is 0 Å². The Morgan fingerprint density at radius 2 is 1.86 bits per heavy atom. The summed E-state index contributed by atoms with van der Waals surface area (Å²) in [5.74, 6) is 0.0583. The fourth-order valence-electron chi connectivity index (χ4n) is 3.05. The Labute approximate surface area is 127 Å². The summed E-state index contributed by atoms with van der Waals surface area (Å²) in [6, 6.07) is 0. The van der Waals surface area contributed by atoms with Crippen LogP contribution in [0, 0.1) is 0 Å². The number of halogens is 3. The number of alkyl halides is 3. The number of aliphatic hydroxyl groups is 1. The van der Waals surface area contributed by atoms with Crippen molar-refractivity contribution in [2.24, 2.45) is 0 Å². The van der Waals surface area contributed by atoms with Gasteiger partial charge < -0.3 is 9.84 Å². The number of aromatic nitrogens is 2. The van der Waals surface area contributed by atoms with E-state index in [0.717, 1.165) is 6.20 Å². The summed E-state index contributed by atoms with van der Waals surface area (Å²) in [4.78, 5) is 8.93. The maximum absolute atomic E-state index is 11.9.